The van der Waals surface area contributed by atoms with Crippen LogP contribution in [0.3, 0.4) is 0 Å². The highest BCUT2D eigenvalue weighted by molar-refractivity contribution is 8.00. The summed E-state index contributed by atoms with van der Waals surface area (Å²) in [4.78, 5) is 40.9. The number of aryl methyl sites for hydroxylation is 1. The van der Waals surface area contributed by atoms with Crippen molar-refractivity contribution in [3.63, 3.8) is 0 Å². The van der Waals surface area contributed by atoms with E-state index in [2.05, 4.69) is 10.6 Å². The van der Waals surface area contributed by atoms with E-state index in [1.165, 1.54) is 58.7 Å². The lowest BCUT2D eigenvalue weighted by Crippen LogP contribution is -2.25. The number of esters is 1. The highest BCUT2D eigenvalue weighted by atomic mass is 32.2. The van der Waals surface area contributed by atoms with Gasteiger partial charge in [-0.3, -0.25) is 9.59 Å². The van der Waals surface area contributed by atoms with Gasteiger partial charge in [-0.2, -0.15) is 0 Å². The van der Waals surface area contributed by atoms with E-state index in [1.807, 2.05) is 25.1 Å². The number of thiophene rings is 1. The summed E-state index contributed by atoms with van der Waals surface area (Å²) in [5.74, 6) is -1.31. The third-order valence-electron chi connectivity index (χ3n) is 6.53. The summed E-state index contributed by atoms with van der Waals surface area (Å²) in [6.45, 7) is 4.00. The first-order chi connectivity index (χ1) is 18.9. The molecule has 2 N–H and O–H groups in total. The maximum atomic E-state index is 13.4. The minimum absolute atomic E-state index is 0.178. The van der Waals surface area contributed by atoms with Crippen LogP contribution in [0.15, 0.2) is 53.4 Å². The molecule has 2 aromatic carbocycles. The van der Waals surface area contributed by atoms with Crippen LogP contribution in [0.4, 0.5) is 15.1 Å². The predicted octanol–water partition coefficient (Wildman–Crippen LogP) is 7.48. The molecule has 0 saturated carbocycles. The fraction of sp³-hybridized carbons (Fsp3) is 0.367. The summed E-state index contributed by atoms with van der Waals surface area (Å²) >= 11 is 2.89. The lowest BCUT2D eigenvalue weighted by atomic mass is 9.96. The Balaban J connectivity index is 1.49. The molecule has 0 radical (unpaired) electrons. The molecule has 2 amide bonds. The van der Waals surface area contributed by atoms with E-state index in [0.29, 0.717) is 28.2 Å². The van der Waals surface area contributed by atoms with E-state index < -0.39 is 11.1 Å². The van der Waals surface area contributed by atoms with Crippen LogP contribution in [-0.2, 0) is 22.4 Å². The zero-order valence-electron chi connectivity index (χ0n) is 22.2. The average Bonchev–Trinajstić information content (AvgIpc) is 3.23. The number of nitrogens with one attached hydrogen (secondary N) is 2. The number of thioether (sulfide) groups is 1. The van der Waals surface area contributed by atoms with Gasteiger partial charge in [-0.15, -0.1) is 23.1 Å². The summed E-state index contributed by atoms with van der Waals surface area (Å²) < 4.78 is 18.6. The monoisotopic (exact) mass is 568 g/mol. The molecule has 3 aromatic rings. The molecule has 0 spiro atoms. The summed E-state index contributed by atoms with van der Waals surface area (Å²) in [5.41, 5.74) is 2.46. The first-order valence-electron chi connectivity index (χ1n) is 13.4. The van der Waals surface area contributed by atoms with Gasteiger partial charge in [0, 0.05) is 21.0 Å². The maximum Gasteiger partial charge on any atom is 0.341 e. The van der Waals surface area contributed by atoms with Crippen molar-refractivity contribution in [2.45, 2.75) is 68.9 Å². The average molecular weight is 569 g/mol. The molecule has 1 aliphatic carbocycles. The Morgan fingerprint density at radius 2 is 1.74 bits per heavy atom. The van der Waals surface area contributed by atoms with Gasteiger partial charge in [-0.1, -0.05) is 25.8 Å². The zero-order valence-corrected chi connectivity index (χ0v) is 23.8. The van der Waals surface area contributed by atoms with Gasteiger partial charge in [-0.05, 0) is 87.1 Å². The van der Waals surface area contributed by atoms with Gasteiger partial charge in [0.15, 0.2) is 0 Å². The Labute approximate surface area is 236 Å². The van der Waals surface area contributed by atoms with Crippen LogP contribution in [0, 0.1) is 5.82 Å². The summed E-state index contributed by atoms with van der Waals surface area (Å²) in [5, 5.41) is 6.04. The van der Waals surface area contributed by atoms with Crippen LogP contribution in [0.5, 0.6) is 0 Å². The van der Waals surface area contributed by atoms with Crippen LogP contribution in [0.2, 0.25) is 0 Å². The van der Waals surface area contributed by atoms with Crippen molar-refractivity contribution in [3.8, 4) is 0 Å². The number of hydrogen-bond donors (Lipinski definition) is 2. The minimum atomic E-state index is -0.409. The van der Waals surface area contributed by atoms with Crippen molar-refractivity contribution in [3.05, 3.63) is 75.9 Å². The molecule has 1 aromatic heterocycles. The van der Waals surface area contributed by atoms with Gasteiger partial charge in [0.25, 0.3) is 5.91 Å². The number of amides is 2. The maximum absolute atomic E-state index is 13.4. The molecule has 0 fully saturated rings. The second-order valence-corrected chi connectivity index (χ2v) is 11.7. The first-order valence-corrected chi connectivity index (χ1v) is 15.0. The number of rotatable bonds is 9. The van der Waals surface area contributed by atoms with Crippen molar-refractivity contribution in [1.82, 2.24) is 0 Å². The number of hydrogen-bond acceptors (Lipinski definition) is 6. The zero-order chi connectivity index (χ0) is 27.8. The number of halogens is 1. The second-order valence-electron chi connectivity index (χ2n) is 9.34. The minimum Gasteiger partial charge on any atom is -0.462 e. The van der Waals surface area contributed by atoms with Crippen LogP contribution in [-0.4, -0.2) is 29.6 Å². The van der Waals surface area contributed by atoms with Crippen LogP contribution >= 0.6 is 23.1 Å². The summed E-state index contributed by atoms with van der Waals surface area (Å²) in [6.07, 6.45) is 6.70. The molecule has 39 heavy (non-hydrogen) atoms. The highest BCUT2D eigenvalue weighted by Gasteiger charge is 2.28. The Bertz CT molecular complexity index is 1320. The number of carbonyl (C=O) groups excluding carboxylic acids is 3. The lowest BCUT2D eigenvalue weighted by Gasteiger charge is -2.16. The van der Waals surface area contributed by atoms with E-state index in [9.17, 15) is 18.8 Å². The van der Waals surface area contributed by atoms with E-state index in [-0.39, 0.29) is 24.4 Å². The number of anilines is 2. The molecule has 0 bridgehead atoms. The van der Waals surface area contributed by atoms with Crippen molar-refractivity contribution in [2.24, 2.45) is 0 Å². The van der Waals surface area contributed by atoms with Gasteiger partial charge in [-0.25, -0.2) is 9.18 Å². The van der Waals surface area contributed by atoms with Gasteiger partial charge < -0.3 is 15.4 Å². The standard InChI is InChI=1S/C30H33FN2O4S2/c1-3-24(38-22-11-9-10-21(18-22)32-27(34)19-14-16-20(31)17-15-19)28(35)33-29-26(30(36)37-4-2)23-12-7-5-6-8-13-25(23)39-29/h9-11,14-18,24H,3-8,12-13H2,1-2H3,(H,32,34)(H,33,35). The molecule has 1 aliphatic rings. The third-order valence-corrected chi connectivity index (χ3v) is 9.09. The Morgan fingerprint density at radius 1 is 1.00 bits per heavy atom. The van der Waals surface area contributed by atoms with Gasteiger partial charge in [0.05, 0.1) is 17.4 Å². The highest BCUT2D eigenvalue weighted by Crippen LogP contribution is 2.38. The third kappa shape index (κ3) is 7.48. The normalized spacial score (nSPS) is 13.9. The first kappa shape index (κ1) is 28.8. The lowest BCUT2D eigenvalue weighted by molar-refractivity contribution is -0.115. The number of benzene rings is 2. The molecule has 6 nitrogen and oxygen atoms in total. The summed E-state index contributed by atoms with van der Waals surface area (Å²) in [6, 6.07) is 12.6. The predicted molar refractivity (Wildman–Crippen MR) is 156 cm³/mol. The van der Waals surface area contributed by atoms with Crippen molar-refractivity contribution in [2.75, 3.05) is 17.2 Å². The van der Waals surface area contributed by atoms with Crippen LogP contribution in [0.1, 0.15) is 77.1 Å². The van der Waals surface area contributed by atoms with Crippen molar-refractivity contribution in [1.29, 1.82) is 0 Å². The smallest absolute Gasteiger partial charge is 0.341 e. The van der Waals surface area contributed by atoms with Gasteiger partial charge in [0.1, 0.15) is 10.8 Å². The summed E-state index contributed by atoms with van der Waals surface area (Å²) in [7, 11) is 0. The van der Waals surface area contributed by atoms with Crippen LogP contribution in [0.25, 0.3) is 0 Å². The van der Waals surface area contributed by atoms with Crippen LogP contribution < -0.4 is 10.6 Å². The molecular weight excluding hydrogens is 535 g/mol. The molecule has 1 atom stereocenters. The SMILES string of the molecule is CCOC(=O)c1c(NC(=O)C(CC)Sc2cccc(NC(=O)c3ccc(F)cc3)c2)sc2c1CCCCCC2. The molecule has 9 heteroatoms. The number of ether oxygens (including phenoxy) is 1. The molecule has 0 aliphatic heterocycles. The molecule has 206 valence electrons. The molecule has 4 rings (SSSR count). The molecule has 0 saturated heterocycles. The second kappa shape index (κ2) is 13.8. The quantitative estimate of drug-likeness (QED) is 0.206. The number of fused-ring (bicyclic) bond motifs is 1. The fourth-order valence-electron chi connectivity index (χ4n) is 4.56. The number of carbonyl (C=O) groups is 3. The van der Waals surface area contributed by atoms with Crippen molar-refractivity contribution < 1.29 is 23.5 Å². The Kier molecular flexibility index (Phi) is 10.2. The largest absolute Gasteiger partial charge is 0.462 e. The van der Waals surface area contributed by atoms with Gasteiger partial charge >= 0.3 is 5.97 Å². The van der Waals surface area contributed by atoms with E-state index in [1.54, 1.807) is 13.0 Å². The molecular formula is C30H33FN2O4S2. The Hall–Kier alpha value is -3.17. The Morgan fingerprint density at radius 3 is 2.46 bits per heavy atom. The molecule has 1 unspecified atom stereocenters. The van der Waals surface area contributed by atoms with Crippen molar-refractivity contribution >= 4 is 51.6 Å². The fourth-order valence-corrected chi connectivity index (χ4v) is 6.85. The van der Waals surface area contributed by atoms with E-state index >= 15 is 0 Å². The molecule has 1 heterocycles. The van der Waals surface area contributed by atoms with E-state index in [0.717, 1.165) is 42.6 Å². The van der Waals surface area contributed by atoms with Gasteiger partial charge in [0.2, 0.25) is 5.91 Å². The topological polar surface area (TPSA) is 84.5 Å². The van der Waals surface area contributed by atoms with E-state index in [4.69, 9.17) is 4.74 Å².